The third-order valence-corrected chi connectivity index (χ3v) is 5.57. The van der Waals surface area contributed by atoms with Crippen molar-refractivity contribution in [2.24, 2.45) is 0 Å². The summed E-state index contributed by atoms with van der Waals surface area (Å²) in [5.41, 5.74) is 1.39. The fourth-order valence-electron chi connectivity index (χ4n) is 2.33. The monoisotopic (exact) mass is 438 g/mol. The Morgan fingerprint density at radius 3 is 2.46 bits per heavy atom. The number of benzene rings is 2. The van der Waals surface area contributed by atoms with Gasteiger partial charge in [-0.1, -0.05) is 15.9 Å². The predicted octanol–water partition coefficient (Wildman–Crippen LogP) is 1.93. The first-order chi connectivity index (χ1) is 12.3. The average molecular weight is 439 g/mol. The molecule has 0 radical (unpaired) electrons. The fourth-order valence-corrected chi connectivity index (χ4v) is 3.63. The van der Waals surface area contributed by atoms with Crippen LogP contribution in [0.1, 0.15) is 6.42 Å². The van der Waals surface area contributed by atoms with Crippen LogP contribution in [0.4, 0.5) is 5.69 Å². The maximum Gasteiger partial charge on any atom is 0.323 e. The lowest BCUT2D eigenvalue weighted by atomic mass is 10.2. The second-order valence-electron chi connectivity index (χ2n) is 5.49. The van der Waals surface area contributed by atoms with E-state index >= 15 is 0 Å². The van der Waals surface area contributed by atoms with Crippen molar-refractivity contribution in [3.63, 3.8) is 0 Å². The molecule has 0 aliphatic carbocycles. The summed E-state index contributed by atoms with van der Waals surface area (Å²) in [6, 6.07) is 11.1. The van der Waals surface area contributed by atoms with Gasteiger partial charge >= 0.3 is 5.69 Å². The number of anilines is 1. The van der Waals surface area contributed by atoms with Gasteiger partial charge in [-0.25, -0.2) is 17.9 Å². The van der Waals surface area contributed by atoms with Crippen molar-refractivity contribution in [1.29, 1.82) is 0 Å². The lowest BCUT2D eigenvalue weighted by Gasteiger charge is -2.08. The lowest BCUT2D eigenvalue weighted by Crippen LogP contribution is -2.27. The van der Waals surface area contributed by atoms with Crippen LogP contribution in [0.15, 0.2) is 56.6 Å². The normalized spacial score (nSPS) is 11.6. The number of halogens is 1. The van der Waals surface area contributed by atoms with Gasteiger partial charge in [0.25, 0.3) is 0 Å². The molecule has 0 saturated carbocycles. The van der Waals surface area contributed by atoms with Crippen LogP contribution in [0.2, 0.25) is 0 Å². The van der Waals surface area contributed by atoms with Gasteiger partial charge in [-0.05, 0) is 42.5 Å². The summed E-state index contributed by atoms with van der Waals surface area (Å²) in [4.78, 5) is 28.5. The van der Waals surface area contributed by atoms with Gasteiger partial charge in [-0.2, -0.15) is 0 Å². The number of aromatic amines is 2. The zero-order valence-corrected chi connectivity index (χ0v) is 15.8. The Kier molecular flexibility index (Phi) is 5.25. The molecule has 26 heavy (non-hydrogen) atoms. The minimum absolute atomic E-state index is 0.0303. The molecule has 3 rings (SSSR count). The molecule has 4 N–H and O–H groups in total. The highest BCUT2D eigenvalue weighted by Gasteiger charge is 2.14. The number of carbonyl (C=O) groups excluding carboxylic acids is 1. The minimum atomic E-state index is -3.67. The largest absolute Gasteiger partial charge is 0.326 e. The highest BCUT2D eigenvalue weighted by Crippen LogP contribution is 2.15. The first-order valence-electron chi connectivity index (χ1n) is 7.61. The SMILES string of the molecule is O=C(CCNS(=O)(=O)c1ccc(Br)cc1)Nc1ccc2[nH]c(=O)[nH]c2c1. The second kappa shape index (κ2) is 7.44. The predicted molar refractivity (Wildman–Crippen MR) is 101 cm³/mol. The summed E-state index contributed by atoms with van der Waals surface area (Å²) in [6.45, 7) is -0.0343. The number of H-pyrrole nitrogens is 2. The molecule has 1 heterocycles. The number of carbonyl (C=O) groups is 1. The van der Waals surface area contributed by atoms with E-state index in [2.05, 4.69) is 35.9 Å². The van der Waals surface area contributed by atoms with E-state index in [0.717, 1.165) is 4.47 Å². The fraction of sp³-hybridized carbons (Fsp3) is 0.125. The molecule has 0 atom stereocenters. The van der Waals surface area contributed by atoms with E-state index in [-0.39, 0.29) is 29.5 Å². The van der Waals surface area contributed by atoms with Crippen molar-refractivity contribution in [2.45, 2.75) is 11.3 Å². The lowest BCUT2D eigenvalue weighted by molar-refractivity contribution is -0.116. The van der Waals surface area contributed by atoms with E-state index in [4.69, 9.17) is 0 Å². The topological polar surface area (TPSA) is 124 Å². The van der Waals surface area contributed by atoms with Crippen LogP contribution in [0.3, 0.4) is 0 Å². The molecule has 1 amide bonds. The summed E-state index contributed by atoms with van der Waals surface area (Å²) in [7, 11) is -3.67. The van der Waals surface area contributed by atoms with E-state index in [1.54, 1.807) is 30.3 Å². The van der Waals surface area contributed by atoms with Gasteiger partial charge < -0.3 is 15.3 Å². The number of aromatic nitrogens is 2. The number of rotatable bonds is 6. The van der Waals surface area contributed by atoms with E-state index in [0.29, 0.717) is 16.7 Å². The maximum absolute atomic E-state index is 12.1. The molecule has 0 aliphatic heterocycles. The van der Waals surface area contributed by atoms with Crippen molar-refractivity contribution >= 4 is 48.6 Å². The Hall–Kier alpha value is -2.43. The molecular formula is C16H15BrN4O4S. The van der Waals surface area contributed by atoms with Crippen LogP contribution >= 0.6 is 15.9 Å². The molecule has 10 heteroatoms. The van der Waals surface area contributed by atoms with Gasteiger partial charge in [0.05, 0.1) is 15.9 Å². The highest BCUT2D eigenvalue weighted by atomic mass is 79.9. The van der Waals surface area contributed by atoms with Crippen LogP contribution in [0.25, 0.3) is 11.0 Å². The smallest absolute Gasteiger partial charge is 0.323 e. The molecule has 8 nitrogen and oxygen atoms in total. The van der Waals surface area contributed by atoms with E-state index in [1.807, 2.05) is 0 Å². The number of hydrogen-bond donors (Lipinski definition) is 4. The number of imidazole rings is 1. The first-order valence-corrected chi connectivity index (χ1v) is 9.88. The number of sulfonamides is 1. The van der Waals surface area contributed by atoms with Crippen LogP contribution in [0.5, 0.6) is 0 Å². The number of hydrogen-bond acceptors (Lipinski definition) is 4. The molecule has 0 bridgehead atoms. The van der Waals surface area contributed by atoms with Crippen LogP contribution in [0, 0.1) is 0 Å². The standard InChI is InChI=1S/C16H15BrN4O4S/c17-10-1-4-12(5-2-10)26(24,25)18-8-7-15(22)19-11-3-6-13-14(9-11)21-16(23)20-13/h1-6,9,18H,7-8H2,(H,19,22)(H2,20,21,23). The summed E-state index contributed by atoms with van der Waals surface area (Å²) < 4.78 is 27.4. The minimum Gasteiger partial charge on any atom is -0.326 e. The Bertz CT molecular complexity index is 1100. The van der Waals surface area contributed by atoms with Gasteiger partial charge in [0.1, 0.15) is 0 Å². The van der Waals surface area contributed by atoms with E-state index in [9.17, 15) is 18.0 Å². The summed E-state index contributed by atoms with van der Waals surface area (Å²) >= 11 is 3.24. The van der Waals surface area contributed by atoms with Crippen molar-refractivity contribution in [3.05, 3.63) is 57.4 Å². The third-order valence-electron chi connectivity index (χ3n) is 3.57. The molecule has 136 valence electrons. The summed E-state index contributed by atoms with van der Waals surface area (Å²) in [5.74, 6) is -0.347. The van der Waals surface area contributed by atoms with Crippen molar-refractivity contribution in [1.82, 2.24) is 14.7 Å². The van der Waals surface area contributed by atoms with Crippen LogP contribution < -0.4 is 15.7 Å². The van der Waals surface area contributed by atoms with Gasteiger partial charge in [-0.15, -0.1) is 0 Å². The zero-order valence-electron chi connectivity index (χ0n) is 13.4. The molecule has 0 fully saturated rings. The quantitative estimate of drug-likeness (QED) is 0.469. The molecule has 0 unspecified atom stereocenters. The maximum atomic E-state index is 12.1. The number of fused-ring (bicyclic) bond motifs is 1. The van der Waals surface area contributed by atoms with Crippen LogP contribution in [-0.2, 0) is 14.8 Å². The number of nitrogens with one attached hydrogen (secondary N) is 4. The van der Waals surface area contributed by atoms with Crippen molar-refractivity contribution < 1.29 is 13.2 Å². The Morgan fingerprint density at radius 2 is 1.73 bits per heavy atom. The molecule has 0 spiro atoms. The van der Waals surface area contributed by atoms with Gasteiger partial charge in [-0.3, -0.25) is 4.79 Å². The summed E-state index contributed by atoms with van der Waals surface area (Å²) in [6.07, 6.45) is -0.0303. The zero-order chi connectivity index (χ0) is 18.7. The summed E-state index contributed by atoms with van der Waals surface area (Å²) in [5, 5.41) is 2.66. The van der Waals surface area contributed by atoms with Crippen LogP contribution in [-0.4, -0.2) is 30.8 Å². The van der Waals surface area contributed by atoms with Crippen molar-refractivity contribution in [3.8, 4) is 0 Å². The van der Waals surface area contributed by atoms with Gasteiger partial charge in [0.2, 0.25) is 15.9 Å². The van der Waals surface area contributed by atoms with Gasteiger partial charge in [0, 0.05) is 23.1 Å². The second-order valence-corrected chi connectivity index (χ2v) is 8.17. The third kappa shape index (κ3) is 4.40. The average Bonchev–Trinajstić information content (AvgIpc) is 2.94. The molecule has 1 aromatic heterocycles. The molecule has 2 aromatic carbocycles. The Balaban J connectivity index is 1.56. The molecule has 0 aliphatic rings. The van der Waals surface area contributed by atoms with Crippen molar-refractivity contribution in [2.75, 3.05) is 11.9 Å². The van der Waals surface area contributed by atoms with Gasteiger partial charge in [0.15, 0.2) is 0 Å². The number of amides is 1. The van der Waals surface area contributed by atoms with E-state index in [1.165, 1.54) is 12.1 Å². The Labute approximate surface area is 157 Å². The highest BCUT2D eigenvalue weighted by molar-refractivity contribution is 9.10. The van der Waals surface area contributed by atoms with E-state index < -0.39 is 10.0 Å². The Morgan fingerprint density at radius 1 is 1.04 bits per heavy atom. The first kappa shape index (κ1) is 18.4. The molecular weight excluding hydrogens is 424 g/mol. The molecule has 0 saturated heterocycles. The molecule has 3 aromatic rings.